The molecule has 0 saturated carbocycles. The van der Waals surface area contributed by atoms with E-state index in [2.05, 4.69) is 31.9 Å². The molecule has 0 aromatic heterocycles. The highest BCUT2D eigenvalue weighted by Gasteiger charge is 2.35. The van der Waals surface area contributed by atoms with E-state index in [0.717, 1.165) is 33.7 Å². The number of benzene rings is 4. The Hall–Kier alpha value is -3.07. The average molecular weight is 639 g/mol. The van der Waals surface area contributed by atoms with Crippen LogP contribution in [0.2, 0.25) is 0 Å². The number of hydrogen-bond acceptors (Lipinski definition) is 5. The molecule has 4 aromatic carbocycles. The Morgan fingerprint density at radius 2 is 1.65 bits per heavy atom. The molecule has 0 N–H and O–H groups in total. The number of carbonyl (C=O) groups excluding carboxylic acids is 2. The van der Waals surface area contributed by atoms with E-state index in [1.165, 1.54) is 4.90 Å². The summed E-state index contributed by atoms with van der Waals surface area (Å²) in [6.07, 6.45) is 1.70. The minimum absolute atomic E-state index is 0.212. The summed E-state index contributed by atoms with van der Waals surface area (Å²) in [5, 5.41) is 1.79. The number of fused-ring (bicyclic) bond motifs is 1. The third kappa shape index (κ3) is 5.32. The molecule has 0 atom stereocenters. The lowest BCUT2D eigenvalue weighted by molar-refractivity contribution is -0.123. The van der Waals surface area contributed by atoms with E-state index in [4.69, 9.17) is 9.47 Å². The fourth-order valence-corrected chi connectivity index (χ4v) is 5.88. The molecule has 1 aliphatic heterocycles. The van der Waals surface area contributed by atoms with Crippen LogP contribution in [0, 0.1) is 0 Å². The van der Waals surface area contributed by atoms with Gasteiger partial charge in [0.15, 0.2) is 11.5 Å². The van der Waals surface area contributed by atoms with E-state index in [0.29, 0.717) is 37.5 Å². The van der Waals surface area contributed by atoms with E-state index in [1.54, 1.807) is 19.3 Å². The number of amides is 2. The molecular formula is C29H21Br2NO4S. The van der Waals surface area contributed by atoms with E-state index >= 15 is 0 Å². The summed E-state index contributed by atoms with van der Waals surface area (Å²) in [5.74, 6) is 0.723. The van der Waals surface area contributed by atoms with E-state index in [1.807, 2.05) is 72.8 Å². The van der Waals surface area contributed by atoms with Gasteiger partial charge in [-0.05, 0) is 83.2 Å². The summed E-state index contributed by atoms with van der Waals surface area (Å²) in [4.78, 5) is 27.7. The van der Waals surface area contributed by atoms with Gasteiger partial charge in [0.2, 0.25) is 0 Å². The van der Waals surface area contributed by atoms with Gasteiger partial charge in [0.25, 0.3) is 11.1 Å². The minimum Gasteiger partial charge on any atom is -0.493 e. The molecule has 5 rings (SSSR count). The van der Waals surface area contributed by atoms with Gasteiger partial charge in [0.1, 0.15) is 6.61 Å². The number of hydrogen-bond donors (Lipinski definition) is 0. The van der Waals surface area contributed by atoms with E-state index in [9.17, 15) is 9.59 Å². The van der Waals surface area contributed by atoms with Gasteiger partial charge in [-0.1, -0.05) is 72.8 Å². The average Bonchev–Trinajstić information content (AvgIpc) is 3.18. The highest BCUT2D eigenvalue weighted by Crippen LogP contribution is 2.45. The van der Waals surface area contributed by atoms with Crippen LogP contribution < -0.4 is 9.47 Å². The van der Waals surface area contributed by atoms with Crippen LogP contribution in [0.3, 0.4) is 0 Å². The summed E-state index contributed by atoms with van der Waals surface area (Å²) >= 11 is 8.15. The van der Waals surface area contributed by atoms with Gasteiger partial charge < -0.3 is 9.47 Å². The molecule has 0 bridgehead atoms. The Balaban J connectivity index is 1.41. The van der Waals surface area contributed by atoms with Crippen LogP contribution in [0.5, 0.6) is 11.5 Å². The monoisotopic (exact) mass is 637 g/mol. The van der Waals surface area contributed by atoms with E-state index in [-0.39, 0.29) is 17.7 Å². The summed E-state index contributed by atoms with van der Waals surface area (Å²) in [6, 6.07) is 25.5. The van der Waals surface area contributed by atoms with Gasteiger partial charge in [0.05, 0.1) is 23.0 Å². The lowest BCUT2D eigenvalue weighted by atomic mass is 10.0. The lowest BCUT2D eigenvalue weighted by Crippen LogP contribution is -2.27. The van der Waals surface area contributed by atoms with Crippen molar-refractivity contribution in [1.29, 1.82) is 0 Å². The van der Waals surface area contributed by atoms with Gasteiger partial charge in [0, 0.05) is 4.47 Å². The summed E-state index contributed by atoms with van der Waals surface area (Å²) in [5.41, 5.74) is 2.63. The number of thioether (sulfide) groups is 1. The third-order valence-corrected chi connectivity index (χ3v) is 9.02. The molecule has 8 heteroatoms. The molecule has 5 nitrogen and oxygen atoms in total. The number of imide groups is 1. The van der Waals surface area contributed by atoms with Crippen LogP contribution in [0.1, 0.15) is 16.7 Å². The topological polar surface area (TPSA) is 55.8 Å². The number of halogens is 2. The maximum Gasteiger partial charge on any atom is 0.293 e. The first-order chi connectivity index (χ1) is 18.0. The van der Waals surface area contributed by atoms with Crippen molar-refractivity contribution in [2.45, 2.75) is 13.2 Å². The molecule has 1 aliphatic rings. The number of rotatable bonds is 7. The van der Waals surface area contributed by atoms with Gasteiger partial charge in [-0.25, -0.2) is 0 Å². The van der Waals surface area contributed by atoms with Gasteiger partial charge in [-0.3, -0.25) is 14.5 Å². The molecule has 2 amide bonds. The smallest absolute Gasteiger partial charge is 0.293 e. The fraction of sp³-hybridized carbons (Fsp3) is 0.103. The standard InChI is InChI=1S/C29H21Br2NO4S/c1-35-23-14-21(25(30)26(31)27(23)36-17-18-8-3-2-4-9-18)15-24-28(33)32(29(34)37-24)16-20-12-7-11-19-10-5-6-13-22(19)20/h2-15H,16-17H2,1H3/b24-15-. The highest BCUT2D eigenvalue weighted by molar-refractivity contribution is 9.13. The normalized spacial score (nSPS) is 14.6. The molecule has 0 spiro atoms. The maximum absolute atomic E-state index is 13.3. The van der Waals surface area contributed by atoms with E-state index < -0.39 is 0 Å². The highest BCUT2D eigenvalue weighted by atomic mass is 79.9. The molecule has 1 fully saturated rings. The molecular weight excluding hydrogens is 618 g/mol. The first kappa shape index (κ1) is 25.6. The van der Waals surface area contributed by atoms with Crippen molar-refractivity contribution in [3.8, 4) is 11.5 Å². The van der Waals surface area contributed by atoms with Crippen LogP contribution in [0.4, 0.5) is 4.79 Å². The maximum atomic E-state index is 13.3. The molecule has 37 heavy (non-hydrogen) atoms. The predicted molar refractivity (Wildman–Crippen MR) is 155 cm³/mol. The zero-order valence-corrected chi connectivity index (χ0v) is 23.7. The second-order valence-electron chi connectivity index (χ2n) is 8.31. The van der Waals surface area contributed by atoms with Crippen LogP contribution in [-0.4, -0.2) is 23.2 Å². The number of nitrogens with zero attached hydrogens (tertiary/aromatic N) is 1. The quantitative estimate of drug-likeness (QED) is 0.191. The Kier molecular flexibility index (Phi) is 7.69. The molecule has 0 radical (unpaired) electrons. The number of methoxy groups -OCH3 is 1. The summed E-state index contributed by atoms with van der Waals surface area (Å²) < 4.78 is 13.0. The summed E-state index contributed by atoms with van der Waals surface area (Å²) in [7, 11) is 1.56. The molecule has 0 aliphatic carbocycles. The number of carbonyl (C=O) groups is 2. The van der Waals surface area contributed by atoms with Gasteiger partial charge in [-0.15, -0.1) is 0 Å². The lowest BCUT2D eigenvalue weighted by Gasteiger charge is -2.16. The fourth-order valence-electron chi connectivity index (χ4n) is 4.10. The second kappa shape index (κ2) is 11.1. The van der Waals surface area contributed by atoms with Crippen molar-refractivity contribution in [2.24, 2.45) is 0 Å². The molecule has 1 heterocycles. The molecule has 0 unspecified atom stereocenters. The molecule has 1 saturated heterocycles. The van der Waals surface area contributed by atoms with Crippen molar-refractivity contribution in [3.05, 3.63) is 109 Å². The van der Waals surface area contributed by atoms with Gasteiger partial charge >= 0.3 is 0 Å². The third-order valence-electron chi connectivity index (χ3n) is 5.97. The van der Waals surface area contributed by atoms with Crippen molar-refractivity contribution < 1.29 is 19.1 Å². The predicted octanol–water partition coefficient (Wildman–Crippen LogP) is 8.19. The van der Waals surface area contributed by atoms with Crippen LogP contribution in [0.15, 0.2) is 92.7 Å². The van der Waals surface area contributed by atoms with Gasteiger partial charge in [-0.2, -0.15) is 0 Å². The van der Waals surface area contributed by atoms with Crippen molar-refractivity contribution in [3.63, 3.8) is 0 Å². The zero-order valence-electron chi connectivity index (χ0n) is 19.7. The first-order valence-corrected chi connectivity index (χ1v) is 13.8. The second-order valence-corrected chi connectivity index (χ2v) is 10.9. The zero-order chi connectivity index (χ0) is 25.9. The minimum atomic E-state index is -0.325. The molecule has 186 valence electrons. The SMILES string of the molecule is COc1cc(/C=C2\SC(=O)N(Cc3cccc4ccccc34)C2=O)c(Br)c(Br)c1OCc1ccccc1. The largest absolute Gasteiger partial charge is 0.493 e. The van der Waals surface area contributed by atoms with Crippen molar-refractivity contribution in [1.82, 2.24) is 4.90 Å². The van der Waals surface area contributed by atoms with Crippen LogP contribution >= 0.6 is 43.6 Å². The molecule has 4 aromatic rings. The Bertz CT molecular complexity index is 1530. The van der Waals surface area contributed by atoms with Crippen LogP contribution in [-0.2, 0) is 17.9 Å². The van der Waals surface area contributed by atoms with Crippen molar-refractivity contribution in [2.75, 3.05) is 7.11 Å². The Labute approximate surface area is 235 Å². The first-order valence-electron chi connectivity index (χ1n) is 11.4. The Morgan fingerprint density at radius 3 is 2.43 bits per heavy atom. The summed E-state index contributed by atoms with van der Waals surface area (Å²) in [6.45, 7) is 0.582. The van der Waals surface area contributed by atoms with Crippen LogP contribution in [0.25, 0.3) is 16.8 Å². The van der Waals surface area contributed by atoms with Crippen molar-refractivity contribution >= 4 is 71.6 Å². The Morgan fingerprint density at radius 1 is 0.919 bits per heavy atom. The number of ether oxygens (including phenoxy) is 2.